The van der Waals surface area contributed by atoms with E-state index in [4.69, 9.17) is 9.52 Å². The first-order valence-electron chi connectivity index (χ1n) is 8.31. The number of methoxy groups -OCH3 is 1. The summed E-state index contributed by atoms with van der Waals surface area (Å²) in [5, 5.41) is 21.0. The number of nitrogens with zero attached hydrogens (tertiary/aromatic N) is 3. The first kappa shape index (κ1) is 18.4. The second kappa shape index (κ2) is 6.74. The van der Waals surface area contributed by atoms with Gasteiger partial charge in [0.05, 0.1) is 29.7 Å². The molecule has 0 spiro atoms. The number of benzene rings is 1. The second-order valence-electron chi connectivity index (χ2n) is 6.85. The average Bonchev–Trinajstić information content (AvgIpc) is 2.59. The number of ether oxygens (including phenoxy) is 1. The van der Waals surface area contributed by atoms with E-state index < -0.39 is 15.3 Å². The molecule has 8 heteroatoms. The second-order valence-corrected chi connectivity index (χ2v) is 9.15. The maximum Gasteiger partial charge on any atom is 0.145 e. The fourth-order valence-electron chi connectivity index (χ4n) is 3.57. The topological polar surface area (TPSA) is 110 Å². The van der Waals surface area contributed by atoms with Crippen LogP contribution in [-0.4, -0.2) is 52.1 Å². The van der Waals surface area contributed by atoms with E-state index in [1.807, 2.05) is 18.2 Å². The Morgan fingerprint density at radius 1 is 1.46 bits per heavy atom. The van der Waals surface area contributed by atoms with Crippen LogP contribution in [0.15, 0.2) is 24.4 Å². The molecule has 7 nitrogen and oxygen atoms in total. The number of para-hydroxylation sites is 1. The van der Waals surface area contributed by atoms with Crippen LogP contribution in [0.25, 0.3) is 10.9 Å². The van der Waals surface area contributed by atoms with Gasteiger partial charge in [-0.3, -0.25) is 14.0 Å². The summed E-state index contributed by atoms with van der Waals surface area (Å²) in [5.41, 5.74) is 0.835. The monoisotopic (exact) mass is 374 g/mol. The number of aromatic nitrogens is 1. The molecule has 0 bridgehead atoms. The van der Waals surface area contributed by atoms with Crippen LogP contribution in [0, 0.1) is 16.1 Å². The standard InChI is InChI=1S/C18H22N4O3S/c1-25-15-5-3-4-14-16(15)21-11-13(10-19)17(14)22-8-6-18(23,7-9-22)12-26(2,20)24/h3-5,11,20,23H,6-9,12H2,1-2H3/t26-/m1/s1. The summed E-state index contributed by atoms with van der Waals surface area (Å²) in [6.45, 7) is 1.02. The molecule has 1 saturated heterocycles. The Hall–Kier alpha value is -2.37. The van der Waals surface area contributed by atoms with Gasteiger partial charge in [0.25, 0.3) is 0 Å². The van der Waals surface area contributed by atoms with Crippen LogP contribution in [0.1, 0.15) is 18.4 Å². The number of fused-ring (bicyclic) bond motifs is 1. The number of rotatable bonds is 4. The van der Waals surface area contributed by atoms with E-state index in [0.29, 0.717) is 42.8 Å². The van der Waals surface area contributed by atoms with E-state index in [9.17, 15) is 14.6 Å². The maximum atomic E-state index is 11.8. The van der Waals surface area contributed by atoms with Crippen LogP contribution < -0.4 is 9.64 Å². The Balaban J connectivity index is 1.98. The third-order valence-corrected chi connectivity index (χ3v) is 5.82. The van der Waals surface area contributed by atoms with Gasteiger partial charge in [-0.25, -0.2) is 0 Å². The van der Waals surface area contributed by atoms with E-state index in [-0.39, 0.29) is 5.75 Å². The smallest absolute Gasteiger partial charge is 0.145 e. The van der Waals surface area contributed by atoms with E-state index in [1.165, 1.54) is 6.26 Å². The van der Waals surface area contributed by atoms with Crippen LogP contribution in [0.5, 0.6) is 5.75 Å². The van der Waals surface area contributed by atoms with E-state index in [1.54, 1.807) is 13.3 Å². The molecule has 1 aliphatic heterocycles. The number of nitrogens with one attached hydrogen (secondary N) is 1. The summed E-state index contributed by atoms with van der Waals surface area (Å²) in [7, 11) is -1.19. The van der Waals surface area contributed by atoms with Gasteiger partial charge in [-0.15, -0.1) is 0 Å². The van der Waals surface area contributed by atoms with Crippen molar-refractivity contribution in [1.29, 1.82) is 10.0 Å². The number of pyridine rings is 1. The zero-order valence-corrected chi connectivity index (χ0v) is 15.7. The van der Waals surface area contributed by atoms with Crippen molar-refractivity contribution in [3.8, 4) is 11.8 Å². The molecule has 0 aliphatic carbocycles. The van der Waals surface area contributed by atoms with Crippen molar-refractivity contribution in [3.05, 3.63) is 30.0 Å². The summed E-state index contributed by atoms with van der Waals surface area (Å²) >= 11 is 0. The van der Waals surface area contributed by atoms with Crippen molar-refractivity contribution in [1.82, 2.24) is 4.98 Å². The van der Waals surface area contributed by atoms with Gasteiger partial charge in [0.2, 0.25) is 0 Å². The van der Waals surface area contributed by atoms with Gasteiger partial charge in [-0.2, -0.15) is 5.26 Å². The van der Waals surface area contributed by atoms with Crippen molar-refractivity contribution in [2.24, 2.45) is 0 Å². The molecule has 26 heavy (non-hydrogen) atoms. The lowest BCUT2D eigenvalue weighted by molar-refractivity contribution is 0.0390. The van der Waals surface area contributed by atoms with E-state index in [2.05, 4.69) is 16.0 Å². The molecule has 2 aromatic rings. The average molecular weight is 374 g/mol. The summed E-state index contributed by atoms with van der Waals surface area (Å²) in [5.74, 6) is 0.617. The largest absolute Gasteiger partial charge is 0.494 e. The summed E-state index contributed by atoms with van der Waals surface area (Å²) in [6, 6.07) is 7.79. The fraction of sp³-hybridized carbons (Fsp3) is 0.444. The molecule has 3 rings (SSSR count). The quantitative estimate of drug-likeness (QED) is 0.848. The lowest BCUT2D eigenvalue weighted by Gasteiger charge is -2.39. The minimum atomic E-state index is -2.77. The molecule has 0 radical (unpaired) electrons. The summed E-state index contributed by atoms with van der Waals surface area (Å²) in [4.78, 5) is 6.42. The van der Waals surface area contributed by atoms with Gasteiger partial charge in [0.1, 0.15) is 17.3 Å². The van der Waals surface area contributed by atoms with Crippen LogP contribution in [-0.2, 0) is 9.73 Å². The Labute approximate surface area is 153 Å². The summed E-state index contributed by atoms with van der Waals surface area (Å²) in [6.07, 6.45) is 3.70. The molecule has 138 valence electrons. The van der Waals surface area contributed by atoms with Crippen molar-refractivity contribution < 1.29 is 14.1 Å². The lowest BCUT2D eigenvalue weighted by Crippen LogP contribution is -2.48. The Morgan fingerprint density at radius 3 is 2.73 bits per heavy atom. The number of piperidine rings is 1. The number of anilines is 1. The number of nitriles is 1. The van der Waals surface area contributed by atoms with E-state index in [0.717, 1.165) is 11.1 Å². The molecule has 1 aromatic carbocycles. The predicted molar refractivity (Wildman–Crippen MR) is 101 cm³/mol. The van der Waals surface area contributed by atoms with E-state index >= 15 is 0 Å². The van der Waals surface area contributed by atoms with Crippen molar-refractivity contribution in [2.45, 2.75) is 18.4 Å². The Kier molecular flexibility index (Phi) is 4.78. The predicted octanol–water partition coefficient (Wildman–Crippen LogP) is 2.12. The third kappa shape index (κ3) is 3.59. The minimum Gasteiger partial charge on any atom is -0.494 e. The number of hydrogen-bond donors (Lipinski definition) is 2. The minimum absolute atomic E-state index is 0.0239. The molecule has 1 aliphatic rings. The van der Waals surface area contributed by atoms with Gasteiger partial charge in [-0.05, 0) is 18.9 Å². The first-order valence-corrected chi connectivity index (χ1v) is 10.4. The lowest BCUT2D eigenvalue weighted by atomic mass is 9.92. The summed E-state index contributed by atoms with van der Waals surface area (Å²) < 4.78 is 24.8. The highest BCUT2D eigenvalue weighted by Crippen LogP contribution is 2.36. The van der Waals surface area contributed by atoms with Gasteiger partial charge in [0.15, 0.2) is 0 Å². The van der Waals surface area contributed by atoms with Crippen LogP contribution >= 0.6 is 0 Å². The zero-order valence-electron chi connectivity index (χ0n) is 14.9. The van der Waals surface area contributed by atoms with Crippen molar-refractivity contribution >= 4 is 26.3 Å². The molecule has 1 aromatic heterocycles. The first-order chi connectivity index (χ1) is 12.3. The third-order valence-electron chi connectivity index (χ3n) is 4.73. The highest BCUT2D eigenvalue weighted by atomic mass is 32.2. The molecular weight excluding hydrogens is 352 g/mol. The van der Waals surface area contributed by atoms with Gasteiger partial charge in [-0.1, -0.05) is 12.1 Å². The van der Waals surface area contributed by atoms with Crippen LogP contribution in [0.3, 0.4) is 0 Å². The molecule has 2 N–H and O–H groups in total. The molecular formula is C18H22N4O3S. The molecule has 1 fully saturated rings. The zero-order chi connectivity index (χ0) is 18.9. The Morgan fingerprint density at radius 2 is 2.15 bits per heavy atom. The van der Waals surface area contributed by atoms with Crippen LogP contribution in [0.4, 0.5) is 5.69 Å². The molecule has 0 unspecified atom stereocenters. The molecule has 0 amide bonds. The van der Waals surface area contributed by atoms with Crippen LogP contribution in [0.2, 0.25) is 0 Å². The van der Waals surface area contributed by atoms with Crippen molar-refractivity contribution in [3.63, 3.8) is 0 Å². The number of hydrogen-bond acceptors (Lipinski definition) is 7. The van der Waals surface area contributed by atoms with Gasteiger partial charge < -0.3 is 14.7 Å². The van der Waals surface area contributed by atoms with Gasteiger partial charge in [0, 0.05) is 40.7 Å². The highest BCUT2D eigenvalue weighted by molar-refractivity contribution is 7.91. The molecule has 2 heterocycles. The van der Waals surface area contributed by atoms with Gasteiger partial charge >= 0.3 is 0 Å². The molecule has 1 atom stereocenters. The maximum absolute atomic E-state index is 11.8. The fourth-order valence-corrected chi connectivity index (χ4v) is 4.89. The highest BCUT2D eigenvalue weighted by Gasteiger charge is 2.35. The SMILES string of the molecule is COc1cccc2c(N3CCC(O)(C[S@](C)(=N)=O)CC3)c(C#N)cnc12. The normalized spacial score (nSPS) is 18.9. The Bertz CT molecular complexity index is 974. The molecule has 0 saturated carbocycles. The van der Waals surface area contributed by atoms with Crippen molar-refractivity contribution in [2.75, 3.05) is 37.1 Å². The number of aliphatic hydroxyl groups is 1.